The summed E-state index contributed by atoms with van der Waals surface area (Å²) in [6.07, 6.45) is 0. The number of aromatic carboxylic acids is 1. The van der Waals surface area contributed by atoms with Crippen LogP contribution in [0.2, 0.25) is 0 Å². The number of ether oxygens (including phenoxy) is 1. The molecule has 0 unspecified atom stereocenters. The minimum atomic E-state index is -1.05. The summed E-state index contributed by atoms with van der Waals surface area (Å²) in [5.41, 5.74) is 1.57. The average Bonchev–Trinajstić information content (AvgIpc) is 2.90. The zero-order valence-electron chi connectivity index (χ0n) is 18.9. The highest BCUT2D eigenvalue weighted by Gasteiger charge is 2.25. The van der Waals surface area contributed by atoms with Gasteiger partial charge in [-0.15, -0.1) is 0 Å². The van der Waals surface area contributed by atoms with Crippen molar-refractivity contribution in [3.63, 3.8) is 0 Å². The van der Waals surface area contributed by atoms with Crippen LogP contribution in [0.1, 0.15) is 20.7 Å². The number of esters is 1. The van der Waals surface area contributed by atoms with Gasteiger partial charge in [0.2, 0.25) is 0 Å². The van der Waals surface area contributed by atoms with Gasteiger partial charge in [-0.1, -0.05) is 84.9 Å². The van der Waals surface area contributed by atoms with Crippen molar-refractivity contribution in [1.82, 2.24) is 0 Å². The first-order valence-electron chi connectivity index (χ1n) is 11.3. The molecule has 0 bridgehead atoms. The third-order valence-electron chi connectivity index (χ3n) is 6.71. The van der Waals surface area contributed by atoms with Gasteiger partial charge in [-0.05, 0) is 55.2 Å². The molecule has 1 N–H and O–H groups in total. The molecule has 6 rings (SSSR count). The molecule has 6 aromatic rings. The largest absolute Gasteiger partial charge is 0.478 e. The number of rotatable bonds is 3. The normalized spacial score (nSPS) is 11.3. The third kappa shape index (κ3) is 3.15. The second kappa shape index (κ2) is 7.96. The molecular weight excluding hydrogens is 436 g/mol. The Hall–Kier alpha value is -4.70. The highest BCUT2D eigenvalue weighted by atomic mass is 16.5. The number of carboxylic acid groups (broad SMARTS) is 1. The summed E-state index contributed by atoms with van der Waals surface area (Å²) in [5.74, 6) is -1.56. The highest BCUT2D eigenvalue weighted by Crippen LogP contribution is 2.44. The van der Waals surface area contributed by atoms with Gasteiger partial charge in [0.1, 0.15) is 0 Å². The van der Waals surface area contributed by atoms with Crippen LogP contribution in [0, 0.1) is 0 Å². The van der Waals surface area contributed by atoms with E-state index in [0.29, 0.717) is 16.7 Å². The van der Waals surface area contributed by atoms with Crippen LogP contribution in [0.3, 0.4) is 0 Å². The monoisotopic (exact) mass is 456 g/mol. The van der Waals surface area contributed by atoms with Gasteiger partial charge in [0.15, 0.2) is 0 Å². The fourth-order valence-corrected chi connectivity index (χ4v) is 5.17. The second-order valence-electron chi connectivity index (χ2n) is 8.54. The zero-order chi connectivity index (χ0) is 24.1. The molecule has 0 aliphatic carbocycles. The second-order valence-corrected chi connectivity index (χ2v) is 8.54. The number of methoxy groups -OCH3 is 1. The number of benzene rings is 6. The molecule has 0 atom stereocenters. The lowest BCUT2D eigenvalue weighted by Gasteiger charge is -2.19. The molecule has 4 nitrogen and oxygen atoms in total. The number of fused-ring (bicyclic) bond motifs is 6. The van der Waals surface area contributed by atoms with Crippen molar-refractivity contribution in [2.75, 3.05) is 7.11 Å². The standard InChI is InChI=1S/C31H20O4/c1-35-31(34)25-17-15-21-13-11-19-7-3-5-9-23(19)27(21)29(25)28-24(30(32)33)16-14-20-12-10-18-6-2-4-8-22(18)26(20)28/h2-17H,1H3,(H,32,33). The predicted molar refractivity (Wildman–Crippen MR) is 140 cm³/mol. The van der Waals surface area contributed by atoms with Crippen LogP contribution in [-0.2, 0) is 4.74 Å². The van der Waals surface area contributed by atoms with E-state index < -0.39 is 11.9 Å². The van der Waals surface area contributed by atoms with E-state index in [4.69, 9.17) is 4.74 Å². The Kier molecular flexibility index (Phi) is 4.75. The molecule has 0 amide bonds. The van der Waals surface area contributed by atoms with Crippen molar-refractivity contribution in [3.05, 3.63) is 108 Å². The molecule has 0 saturated heterocycles. The third-order valence-corrected chi connectivity index (χ3v) is 6.71. The van der Waals surface area contributed by atoms with E-state index in [9.17, 15) is 14.7 Å². The van der Waals surface area contributed by atoms with Crippen LogP contribution in [0.4, 0.5) is 0 Å². The van der Waals surface area contributed by atoms with Crippen molar-refractivity contribution >= 4 is 55.0 Å². The van der Waals surface area contributed by atoms with Crippen LogP contribution in [0.25, 0.3) is 54.2 Å². The van der Waals surface area contributed by atoms with Crippen LogP contribution >= 0.6 is 0 Å². The quantitative estimate of drug-likeness (QED) is 0.222. The first-order valence-corrected chi connectivity index (χ1v) is 11.3. The van der Waals surface area contributed by atoms with Gasteiger partial charge in [0.05, 0.1) is 18.2 Å². The summed E-state index contributed by atoms with van der Waals surface area (Å²) in [6, 6.07) is 31.0. The Balaban J connectivity index is 1.95. The number of hydrogen-bond donors (Lipinski definition) is 1. The van der Waals surface area contributed by atoms with E-state index in [1.165, 1.54) is 7.11 Å². The molecule has 0 aliphatic heterocycles. The first kappa shape index (κ1) is 20.9. The van der Waals surface area contributed by atoms with E-state index >= 15 is 0 Å². The molecule has 4 heteroatoms. The molecule has 0 aliphatic rings. The van der Waals surface area contributed by atoms with Crippen molar-refractivity contribution in [3.8, 4) is 11.1 Å². The van der Waals surface area contributed by atoms with Gasteiger partial charge >= 0.3 is 11.9 Å². The van der Waals surface area contributed by atoms with Crippen molar-refractivity contribution < 1.29 is 19.4 Å². The van der Waals surface area contributed by atoms with Crippen LogP contribution in [-0.4, -0.2) is 24.2 Å². The van der Waals surface area contributed by atoms with Gasteiger partial charge in [0, 0.05) is 11.1 Å². The summed E-state index contributed by atoms with van der Waals surface area (Å²) in [7, 11) is 1.34. The molecular formula is C31H20O4. The van der Waals surface area contributed by atoms with E-state index in [1.807, 2.05) is 84.9 Å². The van der Waals surface area contributed by atoms with Crippen LogP contribution < -0.4 is 0 Å². The van der Waals surface area contributed by atoms with E-state index in [1.54, 1.807) is 12.1 Å². The lowest BCUT2D eigenvalue weighted by Crippen LogP contribution is -2.08. The smallest absolute Gasteiger partial charge is 0.338 e. The summed E-state index contributed by atoms with van der Waals surface area (Å²) in [6.45, 7) is 0. The molecule has 168 valence electrons. The fourth-order valence-electron chi connectivity index (χ4n) is 5.17. The SMILES string of the molecule is COC(=O)c1ccc2ccc3ccccc3c2c1-c1c(C(=O)O)ccc2ccc3ccccc3c12. The Morgan fingerprint density at radius 3 is 1.51 bits per heavy atom. The Morgan fingerprint density at radius 2 is 1.00 bits per heavy atom. The van der Waals surface area contributed by atoms with Gasteiger partial charge < -0.3 is 9.84 Å². The van der Waals surface area contributed by atoms with Crippen molar-refractivity contribution in [2.24, 2.45) is 0 Å². The summed E-state index contributed by atoms with van der Waals surface area (Å²) in [5, 5.41) is 17.6. The molecule has 0 aromatic heterocycles. The molecule has 0 heterocycles. The zero-order valence-corrected chi connectivity index (χ0v) is 18.9. The Bertz CT molecular complexity index is 1830. The van der Waals surface area contributed by atoms with Crippen molar-refractivity contribution in [2.45, 2.75) is 0 Å². The first-order chi connectivity index (χ1) is 17.1. The minimum absolute atomic E-state index is 0.138. The lowest BCUT2D eigenvalue weighted by atomic mass is 9.84. The molecule has 0 saturated carbocycles. The van der Waals surface area contributed by atoms with Gasteiger partial charge in [-0.25, -0.2) is 9.59 Å². The van der Waals surface area contributed by atoms with E-state index in [0.717, 1.165) is 43.1 Å². The number of hydrogen-bond acceptors (Lipinski definition) is 3. The topological polar surface area (TPSA) is 63.6 Å². The Labute approximate surface area is 201 Å². The Morgan fingerprint density at radius 1 is 0.571 bits per heavy atom. The maximum atomic E-state index is 13.1. The lowest BCUT2D eigenvalue weighted by molar-refractivity contribution is 0.0600. The van der Waals surface area contributed by atoms with E-state index in [2.05, 4.69) is 0 Å². The molecule has 6 aromatic carbocycles. The van der Waals surface area contributed by atoms with E-state index in [-0.39, 0.29) is 5.56 Å². The average molecular weight is 456 g/mol. The highest BCUT2D eigenvalue weighted by molar-refractivity contribution is 6.26. The van der Waals surface area contributed by atoms with Gasteiger partial charge in [0.25, 0.3) is 0 Å². The fraction of sp³-hybridized carbons (Fsp3) is 0.0323. The maximum absolute atomic E-state index is 13.1. The number of carboxylic acids is 1. The van der Waals surface area contributed by atoms with Crippen molar-refractivity contribution in [1.29, 1.82) is 0 Å². The van der Waals surface area contributed by atoms with Gasteiger partial charge in [-0.2, -0.15) is 0 Å². The summed E-state index contributed by atoms with van der Waals surface area (Å²) < 4.78 is 5.17. The molecule has 35 heavy (non-hydrogen) atoms. The molecule has 0 radical (unpaired) electrons. The summed E-state index contributed by atoms with van der Waals surface area (Å²) >= 11 is 0. The maximum Gasteiger partial charge on any atom is 0.338 e. The van der Waals surface area contributed by atoms with Gasteiger partial charge in [-0.3, -0.25) is 0 Å². The number of carbonyl (C=O) groups excluding carboxylic acids is 1. The van der Waals surface area contributed by atoms with Crippen LogP contribution in [0.5, 0.6) is 0 Å². The predicted octanol–water partition coefficient (Wildman–Crippen LogP) is 7.45. The summed E-state index contributed by atoms with van der Waals surface area (Å²) in [4.78, 5) is 25.7. The molecule has 0 fully saturated rings. The van der Waals surface area contributed by atoms with Crippen LogP contribution in [0.15, 0.2) is 97.1 Å². The minimum Gasteiger partial charge on any atom is -0.478 e. The molecule has 0 spiro atoms. The number of carbonyl (C=O) groups is 2.